The topological polar surface area (TPSA) is 104 Å². The number of carbonyl (C=O) groups excluding carboxylic acids is 1. The van der Waals surface area contributed by atoms with Gasteiger partial charge in [-0.2, -0.15) is 0 Å². The highest BCUT2D eigenvalue weighted by molar-refractivity contribution is 7.89. The zero-order valence-corrected chi connectivity index (χ0v) is 15.3. The van der Waals surface area contributed by atoms with E-state index in [1.807, 2.05) is 0 Å². The number of benzene rings is 1. The highest BCUT2D eigenvalue weighted by Gasteiger charge is 2.30. The van der Waals surface area contributed by atoms with E-state index in [1.165, 1.54) is 19.2 Å². The number of sulfonamides is 1. The van der Waals surface area contributed by atoms with E-state index in [9.17, 15) is 22.4 Å². The molecule has 1 amide bonds. The van der Waals surface area contributed by atoms with E-state index in [1.54, 1.807) is 0 Å². The zero-order valence-electron chi connectivity index (χ0n) is 14.5. The summed E-state index contributed by atoms with van der Waals surface area (Å²) >= 11 is 0. The van der Waals surface area contributed by atoms with Gasteiger partial charge < -0.3 is 10.4 Å². The monoisotopic (exact) mass is 386 g/mol. The number of hydrogen-bond acceptors (Lipinski definition) is 4. The Balaban J connectivity index is 1.81. The first-order chi connectivity index (χ1) is 12.2. The number of carboxylic acids is 1. The summed E-state index contributed by atoms with van der Waals surface area (Å²) in [5, 5.41) is 11.6. The lowest BCUT2D eigenvalue weighted by molar-refractivity contribution is -0.142. The SMILES string of the molecule is CN(CCCC(=O)NC(CC1CC1)C(=O)O)S(=O)(=O)c1ccc(F)cc1. The standard InChI is InChI=1S/C17H23FN2O5S/c1-20(26(24,25)14-8-6-13(18)7-9-14)10-2-3-16(21)19-15(17(22)23)11-12-4-5-12/h6-9,12,15H,2-5,10-11H2,1H3,(H,19,21)(H,22,23). The third kappa shape index (κ3) is 5.77. The molecule has 1 aromatic carbocycles. The van der Waals surface area contributed by atoms with Gasteiger partial charge in [0.15, 0.2) is 0 Å². The van der Waals surface area contributed by atoms with Gasteiger partial charge in [0.2, 0.25) is 15.9 Å². The first kappa shape index (κ1) is 20.3. The fourth-order valence-corrected chi connectivity index (χ4v) is 3.75. The van der Waals surface area contributed by atoms with Crippen LogP contribution in [0.1, 0.15) is 32.1 Å². The molecule has 144 valence electrons. The molecule has 1 aliphatic rings. The molecule has 1 aliphatic carbocycles. The van der Waals surface area contributed by atoms with Crippen LogP contribution < -0.4 is 5.32 Å². The van der Waals surface area contributed by atoms with Crippen LogP contribution >= 0.6 is 0 Å². The number of aliphatic carboxylic acids is 1. The number of nitrogens with zero attached hydrogens (tertiary/aromatic N) is 1. The summed E-state index contributed by atoms with van der Waals surface area (Å²) in [5.41, 5.74) is 0. The van der Waals surface area contributed by atoms with Crippen molar-refractivity contribution >= 4 is 21.9 Å². The van der Waals surface area contributed by atoms with Crippen LogP contribution in [0, 0.1) is 11.7 Å². The minimum atomic E-state index is -3.76. The summed E-state index contributed by atoms with van der Waals surface area (Å²) in [6.07, 6.45) is 2.69. The summed E-state index contributed by atoms with van der Waals surface area (Å²) in [6.45, 7) is 0.0908. The number of amides is 1. The molecule has 1 aromatic rings. The molecule has 0 aromatic heterocycles. The molecule has 1 saturated carbocycles. The van der Waals surface area contributed by atoms with Gasteiger partial charge >= 0.3 is 5.97 Å². The molecule has 0 radical (unpaired) electrons. The fourth-order valence-electron chi connectivity index (χ4n) is 2.54. The van der Waals surface area contributed by atoms with Crippen LogP contribution in [-0.2, 0) is 19.6 Å². The van der Waals surface area contributed by atoms with Crippen molar-refractivity contribution in [1.29, 1.82) is 0 Å². The Labute approximate surface area is 152 Å². The fraction of sp³-hybridized carbons (Fsp3) is 0.529. The molecule has 0 bridgehead atoms. The Morgan fingerprint density at radius 1 is 1.31 bits per heavy atom. The van der Waals surface area contributed by atoms with Crippen LogP contribution in [0.4, 0.5) is 4.39 Å². The third-order valence-corrected chi connectivity index (χ3v) is 6.17. The normalized spacial score (nSPS) is 15.7. The molecule has 0 heterocycles. The molecule has 1 unspecified atom stereocenters. The highest BCUT2D eigenvalue weighted by atomic mass is 32.2. The van der Waals surface area contributed by atoms with Gasteiger partial charge in [-0.25, -0.2) is 21.9 Å². The Morgan fingerprint density at radius 3 is 2.46 bits per heavy atom. The number of rotatable bonds is 10. The molecular formula is C17H23FN2O5S. The predicted octanol–water partition coefficient (Wildman–Crippen LogP) is 1.60. The van der Waals surface area contributed by atoms with E-state index in [4.69, 9.17) is 5.11 Å². The molecule has 0 spiro atoms. The van der Waals surface area contributed by atoms with Gasteiger partial charge in [0, 0.05) is 20.0 Å². The Hall–Kier alpha value is -2.00. The number of halogens is 1. The average molecular weight is 386 g/mol. The van der Waals surface area contributed by atoms with E-state index in [2.05, 4.69) is 5.32 Å². The average Bonchev–Trinajstić information content (AvgIpc) is 3.38. The van der Waals surface area contributed by atoms with Crippen LogP contribution in [0.25, 0.3) is 0 Å². The summed E-state index contributed by atoms with van der Waals surface area (Å²) in [4.78, 5) is 23.1. The van der Waals surface area contributed by atoms with E-state index in [0.29, 0.717) is 12.3 Å². The molecule has 2 N–H and O–H groups in total. The van der Waals surface area contributed by atoms with Crippen molar-refractivity contribution in [3.63, 3.8) is 0 Å². The van der Waals surface area contributed by atoms with Crippen molar-refractivity contribution in [2.75, 3.05) is 13.6 Å². The lowest BCUT2D eigenvalue weighted by Gasteiger charge is -2.18. The molecule has 9 heteroatoms. The molecule has 26 heavy (non-hydrogen) atoms. The van der Waals surface area contributed by atoms with Gasteiger partial charge in [-0.3, -0.25) is 4.79 Å². The Kier molecular flexibility index (Phi) is 6.71. The van der Waals surface area contributed by atoms with E-state index in [-0.39, 0.29) is 24.3 Å². The highest BCUT2D eigenvalue weighted by Crippen LogP contribution is 2.33. The molecule has 1 atom stereocenters. The van der Waals surface area contributed by atoms with Crippen molar-refractivity contribution < 1.29 is 27.5 Å². The zero-order chi connectivity index (χ0) is 19.3. The van der Waals surface area contributed by atoms with Gasteiger partial charge in [-0.1, -0.05) is 12.8 Å². The first-order valence-electron chi connectivity index (χ1n) is 8.44. The number of carbonyl (C=O) groups is 2. The smallest absolute Gasteiger partial charge is 0.326 e. The van der Waals surface area contributed by atoms with Crippen molar-refractivity contribution in [2.45, 2.75) is 43.0 Å². The summed E-state index contributed by atoms with van der Waals surface area (Å²) < 4.78 is 38.7. The summed E-state index contributed by atoms with van der Waals surface area (Å²) in [5.74, 6) is -1.63. The minimum absolute atomic E-state index is 0.0255. The second kappa shape index (κ2) is 8.59. The largest absolute Gasteiger partial charge is 0.480 e. The van der Waals surface area contributed by atoms with E-state index >= 15 is 0 Å². The number of carboxylic acid groups (broad SMARTS) is 1. The second-order valence-corrected chi connectivity index (χ2v) is 8.57. The van der Waals surface area contributed by atoms with Crippen molar-refractivity contribution in [2.24, 2.45) is 5.92 Å². The van der Waals surface area contributed by atoms with Gasteiger partial charge in [-0.15, -0.1) is 0 Å². The minimum Gasteiger partial charge on any atom is -0.480 e. The Morgan fingerprint density at radius 2 is 1.92 bits per heavy atom. The lowest BCUT2D eigenvalue weighted by Crippen LogP contribution is -2.41. The van der Waals surface area contributed by atoms with Crippen LogP contribution in [0.15, 0.2) is 29.2 Å². The molecule has 7 nitrogen and oxygen atoms in total. The van der Waals surface area contributed by atoms with Crippen molar-refractivity contribution in [1.82, 2.24) is 9.62 Å². The Bertz CT molecular complexity index is 747. The van der Waals surface area contributed by atoms with Crippen molar-refractivity contribution in [3.8, 4) is 0 Å². The van der Waals surface area contributed by atoms with Gasteiger partial charge in [-0.05, 0) is 43.0 Å². The number of nitrogens with one attached hydrogen (secondary N) is 1. The van der Waals surface area contributed by atoms with Gasteiger partial charge in [0.05, 0.1) is 4.90 Å². The molecule has 2 rings (SSSR count). The maximum atomic E-state index is 12.9. The third-order valence-electron chi connectivity index (χ3n) is 4.30. The molecule has 0 saturated heterocycles. The molecular weight excluding hydrogens is 363 g/mol. The van der Waals surface area contributed by atoms with Crippen LogP contribution in [-0.4, -0.2) is 49.3 Å². The van der Waals surface area contributed by atoms with Gasteiger partial charge in [0.1, 0.15) is 11.9 Å². The molecule has 0 aliphatic heterocycles. The molecule has 1 fully saturated rings. The van der Waals surface area contributed by atoms with Crippen molar-refractivity contribution in [3.05, 3.63) is 30.1 Å². The predicted molar refractivity (Wildman–Crippen MR) is 92.4 cm³/mol. The summed E-state index contributed by atoms with van der Waals surface area (Å²) in [7, 11) is -2.38. The number of hydrogen-bond donors (Lipinski definition) is 2. The van der Waals surface area contributed by atoms with Gasteiger partial charge in [0.25, 0.3) is 0 Å². The first-order valence-corrected chi connectivity index (χ1v) is 9.88. The quantitative estimate of drug-likeness (QED) is 0.636. The van der Waals surface area contributed by atoms with E-state index < -0.39 is 33.8 Å². The second-order valence-electron chi connectivity index (χ2n) is 6.52. The lowest BCUT2D eigenvalue weighted by atomic mass is 10.1. The van der Waals surface area contributed by atoms with Crippen LogP contribution in [0.3, 0.4) is 0 Å². The van der Waals surface area contributed by atoms with Crippen LogP contribution in [0.5, 0.6) is 0 Å². The van der Waals surface area contributed by atoms with E-state index in [0.717, 1.165) is 29.3 Å². The van der Waals surface area contributed by atoms with Crippen LogP contribution in [0.2, 0.25) is 0 Å². The maximum Gasteiger partial charge on any atom is 0.326 e. The maximum absolute atomic E-state index is 12.9. The summed E-state index contributed by atoms with van der Waals surface area (Å²) in [6, 6.07) is 3.61.